The van der Waals surface area contributed by atoms with E-state index in [9.17, 15) is 27.6 Å². The van der Waals surface area contributed by atoms with Gasteiger partial charge in [-0.3, -0.25) is 14.4 Å². The summed E-state index contributed by atoms with van der Waals surface area (Å²) in [7, 11) is -4.00. The van der Waals surface area contributed by atoms with E-state index in [-0.39, 0.29) is 41.3 Å². The molecule has 11 nitrogen and oxygen atoms in total. The van der Waals surface area contributed by atoms with E-state index >= 15 is 0 Å². The predicted octanol–water partition coefficient (Wildman–Crippen LogP) is 4.05. The summed E-state index contributed by atoms with van der Waals surface area (Å²) in [6.45, 7) is 12.8. The summed E-state index contributed by atoms with van der Waals surface area (Å²) in [5.74, 6) is -1.92. The number of esters is 3. The zero-order valence-electron chi connectivity index (χ0n) is 25.9. The van der Waals surface area contributed by atoms with Crippen molar-refractivity contribution in [3.05, 3.63) is 48.1 Å². The van der Waals surface area contributed by atoms with Crippen LogP contribution in [0.15, 0.2) is 53.0 Å². The third kappa shape index (κ3) is 6.85. The first-order valence-electron chi connectivity index (χ1n) is 14.8. The Labute approximate surface area is 258 Å². The molecule has 2 N–H and O–H groups in total. The van der Waals surface area contributed by atoms with Gasteiger partial charge in [-0.05, 0) is 79.7 Å². The number of anilines is 1. The molecule has 6 atom stereocenters. The van der Waals surface area contributed by atoms with Crippen molar-refractivity contribution in [1.29, 1.82) is 0 Å². The molecule has 1 aromatic carbocycles. The second-order valence-electron chi connectivity index (χ2n) is 12.6. The smallest absolute Gasteiger partial charge is 0.336 e. The Morgan fingerprint density at radius 2 is 1.77 bits per heavy atom. The third-order valence-electron chi connectivity index (χ3n) is 9.59. The molecule has 240 valence electrons. The average Bonchev–Trinajstić information content (AvgIpc) is 3.36. The van der Waals surface area contributed by atoms with E-state index in [4.69, 9.17) is 14.2 Å². The molecule has 1 heterocycles. The van der Waals surface area contributed by atoms with Gasteiger partial charge in [-0.2, -0.15) is 0 Å². The molecule has 1 amide bonds. The molecule has 3 aliphatic rings. The molecule has 44 heavy (non-hydrogen) atoms. The van der Waals surface area contributed by atoms with Crippen LogP contribution >= 0.6 is 0 Å². The summed E-state index contributed by atoms with van der Waals surface area (Å²) >= 11 is 0. The molecule has 0 saturated heterocycles. The highest BCUT2D eigenvalue weighted by atomic mass is 32.2. The summed E-state index contributed by atoms with van der Waals surface area (Å²) in [5.41, 5.74) is 1.17. The van der Waals surface area contributed by atoms with Crippen LogP contribution in [0.25, 0.3) is 0 Å². The number of fused-ring (bicyclic) bond motifs is 1. The van der Waals surface area contributed by atoms with E-state index in [0.29, 0.717) is 24.1 Å². The highest BCUT2D eigenvalue weighted by molar-refractivity contribution is 7.90. The number of amides is 1. The van der Waals surface area contributed by atoms with E-state index in [1.165, 1.54) is 26.0 Å². The number of carbonyl (C=O) groups is 4. The Kier molecular flexibility index (Phi) is 9.63. The zero-order valence-corrected chi connectivity index (χ0v) is 26.8. The van der Waals surface area contributed by atoms with E-state index < -0.39 is 45.4 Å². The summed E-state index contributed by atoms with van der Waals surface area (Å²) in [5, 5.41) is 3.42. The molecule has 0 bridgehead atoms. The zero-order chi connectivity index (χ0) is 32.4. The number of hydrogen-bond acceptors (Lipinski definition) is 10. The van der Waals surface area contributed by atoms with Gasteiger partial charge in [0.05, 0.1) is 16.5 Å². The van der Waals surface area contributed by atoms with Crippen molar-refractivity contribution in [3.63, 3.8) is 0 Å². The fourth-order valence-electron chi connectivity index (χ4n) is 7.59. The van der Waals surface area contributed by atoms with Gasteiger partial charge in [0.1, 0.15) is 19.3 Å². The predicted molar refractivity (Wildman–Crippen MR) is 162 cm³/mol. The number of nitrogens with one attached hydrogen (secondary N) is 2. The van der Waals surface area contributed by atoms with Crippen molar-refractivity contribution in [2.24, 2.45) is 22.7 Å². The lowest BCUT2D eigenvalue weighted by Gasteiger charge is -2.60. The van der Waals surface area contributed by atoms with Crippen LogP contribution in [-0.4, -0.2) is 57.6 Å². The number of ether oxygens (including phenoxy) is 3. The lowest BCUT2D eigenvalue weighted by atomic mass is 9.46. The second kappa shape index (κ2) is 12.7. The number of allylic oxidation sites excluding steroid dienone is 1. The molecule has 2 saturated carbocycles. The number of benzene rings is 1. The molecular formula is C32H42N2O9S. The van der Waals surface area contributed by atoms with Crippen LogP contribution in [0.5, 0.6) is 0 Å². The normalized spacial score (nSPS) is 29.0. The highest BCUT2D eigenvalue weighted by Crippen LogP contribution is 2.62. The quantitative estimate of drug-likeness (QED) is 0.220. The minimum absolute atomic E-state index is 0.0198. The monoisotopic (exact) mass is 630 g/mol. The molecule has 1 aromatic rings. The molecule has 12 heteroatoms. The second-order valence-corrected chi connectivity index (χ2v) is 14.3. The molecule has 0 aromatic heterocycles. The maximum atomic E-state index is 12.8. The van der Waals surface area contributed by atoms with Crippen molar-refractivity contribution in [2.75, 3.05) is 18.5 Å². The summed E-state index contributed by atoms with van der Waals surface area (Å²) in [6, 6.07) is 5.47. The van der Waals surface area contributed by atoms with Crippen LogP contribution in [0.3, 0.4) is 0 Å². The van der Waals surface area contributed by atoms with Crippen LogP contribution in [0, 0.1) is 22.7 Å². The Balaban J connectivity index is 1.66. The first-order valence-corrected chi connectivity index (χ1v) is 16.3. The van der Waals surface area contributed by atoms with Gasteiger partial charge in [-0.15, -0.1) is 0 Å². The van der Waals surface area contributed by atoms with Gasteiger partial charge in [-0.1, -0.05) is 26.0 Å². The van der Waals surface area contributed by atoms with Gasteiger partial charge >= 0.3 is 17.9 Å². The van der Waals surface area contributed by atoms with Crippen molar-refractivity contribution in [2.45, 2.75) is 83.8 Å². The Bertz CT molecular complexity index is 1470. The van der Waals surface area contributed by atoms with Crippen LogP contribution in [0.2, 0.25) is 0 Å². The molecular weight excluding hydrogens is 588 g/mol. The van der Waals surface area contributed by atoms with Gasteiger partial charge in [0.15, 0.2) is 0 Å². The third-order valence-corrected chi connectivity index (χ3v) is 11.0. The lowest BCUT2D eigenvalue weighted by Crippen LogP contribution is -2.59. The van der Waals surface area contributed by atoms with E-state index in [1.54, 1.807) is 18.2 Å². The van der Waals surface area contributed by atoms with Gasteiger partial charge < -0.3 is 19.5 Å². The van der Waals surface area contributed by atoms with Gasteiger partial charge in [0, 0.05) is 31.9 Å². The van der Waals surface area contributed by atoms with Crippen LogP contribution < -0.4 is 10.0 Å². The number of hydrogen-bond donors (Lipinski definition) is 2. The van der Waals surface area contributed by atoms with Gasteiger partial charge in [0.25, 0.3) is 10.0 Å². The van der Waals surface area contributed by atoms with Crippen molar-refractivity contribution in [1.82, 2.24) is 4.72 Å². The van der Waals surface area contributed by atoms with Crippen molar-refractivity contribution < 1.29 is 41.8 Å². The Morgan fingerprint density at radius 1 is 1.09 bits per heavy atom. The SMILES string of the molecule is C=C1CC[C@@H]2[C@](C)(COC(C)=O)[C@H](OC(C)=O)CC[C@@]2(C)[C@@H]1CC(Nc1ccc(S(=O)(=O)NC(C)=O)cc1)C1=CCOC1=O. The van der Waals surface area contributed by atoms with Crippen molar-refractivity contribution >= 4 is 39.5 Å². The molecule has 0 radical (unpaired) electrons. The first-order chi connectivity index (χ1) is 20.6. The molecule has 2 aliphatic carbocycles. The number of cyclic esters (lactones) is 1. The summed E-state index contributed by atoms with van der Waals surface area (Å²) in [6.07, 6.45) is 4.66. The number of sulfonamides is 1. The molecule has 1 unspecified atom stereocenters. The first kappa shape index (κ1) is 33.2. The van der Waals surface area contributed by atoms with Crippen LogP contribution in [0.4, 0.5) is 5.69 Å². The lowest BCUT2D eigenvalue weighted by molar-refractivity contribution is -0.191. The van der Waals surface area contributed by atoms with Gasteiger partial charge in [0.2, 0.25) is 5.91 Å². The maximum absolute atomic E-state index is 12.8. The Hall–Kier alpha value is -3.67. The molecule has 0 spiro atoms. The largest absolute Gasteiger partial charge is 0.465 e. The molecule has 4 rings (SSSR count). The van der Waals surface area contributed by atoms with E-state index in [2.05, 4.69) is 18.8 Å². The molecule has 2 fully saturated rings. The minimum Gasteiger partial charge on any atom is -0.465 e. The van der Waals surface area contributed by atoms with E-state index in [0.717, 1.165) is 31.8 Å². The standard InChI is InChI=1S/C32H42N2O9S/c1-19-7-12-28-31(5,15-13-29(43-22(4)37)32(28,6)18-42-21(3)36)26(19)17-27(25-14-16-41-30(25)38)33-23-8-10-24(11-9-23)44(39,40)34-20(2)35/h8-11,14,26-29,33H,1,7,12-13,15-18H2,2-6H3,(H,34,35)/t26-,27?,28+,29-,31+,32+/m1/s1. The van der Waals surface area contributed by atoms with Gasteiger partial charge in [-0.25, -0.2) is 17.9 Å². The highest BCUT2D eigenvalue weighted by Gasteiger charge is 2.60. The summed E-state index contributed by atoms with van der Waals surface area (Å²) in [4.78, 5) is 48.0. The summed E-state index contributed by atoms with van der Waals surface area (Å²) < 4.78 is 43.4. The van der Waals surface area contributed by atoms with Crippen molar-refractivity contribution in [3.8, 4) is 0 Å². The van der Waals surface area contributed by atoms with E-state index in [1.807, 2.05) is 11.6 Å². The fraction of sp³-hybridized carbons (Fsp3) is 0.562. The maximum Gasteiger partial charge on any atom is 0.336 e. The Morgan fingerprint density at radius 3 is 2.34 bits per heavy atom. The fourth-order valence-corrected chi connectivity index (χ4v) is 8.58. The topological polar surface area (TPSA) is 154 Å². The number of carbonyl (C=O) groups excluding carboxylic acids is 4. The minimum atomic E-state index is -4.00. The van der Waals surface area contributed by atoms with Crippen LogP contribution in [0.1, 0.15) is 66.7 Å². The molecule has 1 aliphatic heterocycles. The number of rotatable bonds is 10. The van der Waals surface area contributed by atoms with Crippen LogP contribution in [-0.2, 0) is 43.4 Å². The average molecular weight is 631 g/mol.